The molecule has 0 fully saturated rings. The van der Waals surface area contributed by atoms with Gasteiger partial charge in [-0.15, -0.1) is 0 Å². The fourth-order valence-electron chi connectivity index (χ4n) is 1.03. The van der Waals surface area contributed by atoms with E-state index in [1.807, 2.05) is 0 Å². The summed E-state index contributed by atoms with van der Waals surface area (Å²) in [6.45, 7) is 1.26. The predicted octanol–water partition coefficient (Wildman–Crippen LogP) is -0.260. The number of nitrogens with one attached hydrogen (secondary N) is 1. The molecule has 1 amide bonds. The molecular weight excluding hydrogens is 244 g/mol. The maximum Gasteiger partial charge on any atom is 0.327 e. The highest BCUT2D eigenvalue weighted by Gasteiger charge is 2.19. The number of rotatable bonds is 5. The van der Waals surface area contributed by atoms with Crippen LogP contribution in [0.2, 0.25) is 0 Å². The molecule has 92 valence electrons. The van der Waals surface area contributed by atoms with Crippen LogP contribution in [0.3, 0.4) is 0 Å². The van der Waals surface area contributed by atoms with E-state index in [4.69, 9.17) is 10.8 Å². The minimum Gasteiger partial charge on any atom is -0.480 e. The Balaban J connectivity index is 2.61. The van der Waals surface area contributed by atoms with Crippen LogP contribution in [0.15, 0.2) is 17.4 Å². The van der Waals surface area contributed by atoms with E-state index >= 15 is 0 Å². The summed E-state index contributed by atoms with van der Waals surface area (Å²) >= 11 is 1.13. The highest BCUT2D eigenvalue weighted by Crippen LogP contribution is 2.20. The molecule has 0 aliphatic carbocycles. The average Bonchev–Trinajstić information content (AvgIpc) is 2.25. The van der Waals surface area contributed by atoms with Gasteiger partial charge in [0.1, 0.15) is 11.1 Å². The molecule has 0 saturated heterocycles. The van der Waals surface area contributed by atoms with E-state index in [0.717, 1.165) is 11.8 Å². The Morgan fingerprint density at radius 3 is 2.71 bits per heavy atom. The first-order chi connectivity index (χ1) is 8.00. The summed E-state index contributed by atoms with van der Waals surface area (Å²) in [5.41, 5.74) is 5.55. The fourth-order valence-corrected chi connectivity index (χ4v) is 1.92. The molecule has 4 N–H and O–H groups in total. The number of hydrogen-bond donors (Lipinski definition) is 3. The molecule has 8 heteroatoms. The van der Waals surface area contributed by atoms with E-state index in [1.165, 1.54) is 19.3 Å². The van der Waals surface area contributed by atoms with E-state index in [-0.39, 0.29) is 11.6 Å². The minimum absolute atomic E-state index is 0.137. The number of nitrogen functional groups attached to an aromatic ring is 1. The Kier molecular flexibility index (Phi) is 4.70. The highest BCUT2D eigenvalue weighted by molar-refractivity contribution is 7.99. The summed E-state index contributed by atoms with van der Waals surface area (Å²) in [6.07, 6.45) is 2.91. The summed E-state index contributed by atoms with van der Waals surface area (Å²) in [6, 6.07) is -0.973. The number of amides is 1. The number of carbonyl (C=O) groups is 2. The maximum atomic E-state index is 10.8. The van der Waals surface area contributed by atoms with Crippen LogP contribution in [-0.4, -0.2) is 38.7 Å². The molecule has 1 aromatic heterocycles. The molecule has 0 aliphatic heterocycles. The van der Waals surface area contributed by atoms with Crippen LogP contribution in [0.1, 0.15) is 6.92 Å². The lowest BCUT2D eigenvalue weighted by atomic mass is 10.3. The topological polar surface area (TPSA) is 118 Å². The molecule has 17 heavy (non-hydrogen) atoms. The summed E-state index contributed by atoms with van der Waals surface area (Å²) in [7, 11) is 0. The van der Waals surface area contributed by atoms with Crippen molar-refractivity contribution in [3.63, 3.8) is 0 Å². The van der Waals surface area contributed by atoms with Gasteiger partial charge in [0.25, 0.3) is 0 Å². The molecule has 7 nitrogen and oxygen atoms in total. The van der Waals surface area contributed by atoms with Gasteiger partial charge in [0, 0.05) is 25.1 Å². The second-order valence-electron chi connectivity index (χ2n) is 3.15. The van der Waals surface area contributed by atoms with Gasteiger partial charge in [-0.1, -0.05) is 11.8 Å². The monoisotopic (exact) mass is 256 g/mol. The molecule has 1 aromatic rings. The smallest absolute Gasteiger partial charge is 0.327 e. The number of carboxylic acid groups (broad SMARTS) is 1. The molecule has 0 aliphatic rings. The van der Waals surface area contributed by atoms with E-state index in [0.29, 0.717) is 5.03 Å². The van der Waals surface area contributed by atoms with Crippen LogP contribution >= 0.6 is 11.8 Å². The number of carboxylic acids is 1. The Morgan fingerprint density at radius 1 is 1.53 bits per heavy atom. The number of carbonyl (C=O) groups excluding carboxylic acids is 1. The molecule has 0 bridgehead atoms. The normalized spacial score (nSPS) is 11.8. The molecule has 1 rings (SSSR count). The zero-order chi connectivity index (χ0) is 12.8. The molecule has 0 aromatic carbocycles. The maximum absolute atomic E-state index is 10.8. The Morgan fingerprint density at radius 2 is 2.18 bits per heavy atom. The molecule has 1 unspecified atom stereocenters. The van der Waals surface area contributed by atoms with Crippen molar-refractivity contribution in [2.75, 3.05) is 11.5 Å². The van der Waals surface area contributed by atoms with Crippen molar-refractivity contribution in [1.82, 2.24) is 15.3 Å². The zero-order valence-electron chi connectivity index (χ0n) is 9.08. The van der Waals surface area contributed by atoms with Crippen LogP contribution in [0.25, 0.3) is 0 Å². The summed E-state index contributed by atoms with van der Waals surface area (Å²) in [5.74, 6) is -1.12. The number of hydrogen-bond acceptors (Lipinski definition) is 6. The Hall–Kier alpha value is -1.83. The number of thioether (sulfide) groups is 1. The Bertz CT molecular complexity index is 426. The first-order valence-corrected chi connectivity index (χ1v) is 5.68. The average molecular weight is 256 g/mol. The zero-order valence-corrected chi connectivity index (χ0v) is 9.90. The number of nitrogens with two attached hydrogens (primary N) is 1. The second kappa shape index (κ2) is 6.04. The molecule has 0 spiro atoms. The van der Waals surface area contributed by atoms with Gasteiger partial charge in [-0.05, 0) is 0 Å². The lowest BCUT2D eigenvalue weighted by Crippen LogP contribution is -2.41. The van der Waals surface area contributed by atoms with Gasteiger partial charge in [0.15, 0.2) is 5.82 Å². The summed E-state index contributed by atoms with van der Waals surface area (Å²) < 4.78 is 0. The van der Waals surface area contributed by atoms with Crippen molar-refractivity contribution in [3.8, 4) is 0 Å². The van der Waals surface area contributed by atoms with Gasteiger partial charge in [0.2, 0.25) is 5.91 Å². The van der Waals surface area contributed by atoms with E-state index in [9.17, 15) is 9.59 Å². The molecular formula is C9H12N4O3S. The molecule has 1 atom stereocenters. The number of aliphatic carboxylic acids is 1. The number of nitrogens with zero attached hydrogens (tertiary/aromatic N) is 2. The van der Waals surface area contributed by atoms with Crippen molar-refractivity contribution in [3.05, 3.63) is 12.4 Å². The van der Waals surface area contributed by atoms with Crippen LogP contribution in [0.4, 0.5) is 5.82 Å². The van der Waals surface area contributed by atoms with Gasteiger partial charge >= 0.3 is 5.97 Å². The van der Waals surface area contributed by atoms with E-state index in [2.05, 4.69) is 15.3 Å². The SMILES string of the molecule is CC(=O)NC(CSc1nccnc1N)C(=O)O. The number of anilines is 1. The van der Waals surface area contributed by atoms with Crippen molar-refractivity contribution in [2.24, 2.45) is 0 Å². The third kappa shape index (κ3) is 4.27. The quantitative estimate of drug-likeness (QED) is 0.621. The van der Waals surface area contributed by atoms with Crippen molar-refractivity contribution >= 4 is 29.5 Å². The highest BCUT2D eigenvalue weighted by atomic mass is 32.2. The first-order valence-electron chi connectivity index (χ1n) is 4.70. The largest absolute Gasteiger partial charge is 0.480 e. The fraction of sp³-hybridized carbons (Fsp3) is 0.333. The third-order valence-electron chi connectivity index (χ3n) is 1.75. The van der Waals surface area contributed by atoms with Crippen LogP contribution in [-0.2, 0) is 9.59 Å². The number of aromatic nitrogens is 2. The van der Waals surface area contributed by atoms with Crippen molar-refractivity contribution < 1.29 is 14.7 Å². The molecule has 0 saturated carbocycles. The lowest BCUT2D eigenvalue weighted by molar-refractivity contribution is -0.140. The molecule has 1 heterocycles. The second-order valence-corrected chi connectivity index (χ2v) is 4.16. The van der Waals surface area contributed by atoms with Crippen LogP contribution in [0, 0.1) is 0 Å². The van der Waals surface area contributed by atoms with Gasteiger partial charge in [-0.25, -0.2) is 14.8 Å². The van der Waals surface area contributed by atoms with E-state index in [1.54, 1.807) is 0 Å². The van der Waals surface area contributed by atoms with Crippen molar-refractivity contribution in [1.29, 1.82) is 0 Å². The molecule has 0 radical (unpaired) electrons. The third-order valence-corrected chi connectivity index (χ3v) is 2.84. The summed E-state index contributed by atoms with van der Waals surface area (Å²) in [4.78, 5) is 29.4. The Labute approximate surface area is 102 Å². The standard InChI is InChI=1S/C9H12N4O3S/c1-5(14)13-6(9(15)16)4-17-8-7(10)11-2-3-12-8/h2-3,6H,4H2,1H3,(H2,10,11)(H,13,14)(H,15,16). The lowest BCUT2D eigenvalue weighted by Gasteiger charge is -2.12. The van der Waals surface area contributed by atoms with Crippen molar-refractivity contribution in [2.45, 2.75) is 18.0 Å². The van der Waals surface area contributed by atoms with E-state index < -0.39 is 17.9 Å². The summed E-state index contributed by atoms with van der Waals surface area (Å²) in [5, 5.41) is 11.6. The van der Waals surface area contributed by atoms with Crippen LogP contribution in [0.5, 0.6) is 0 Å². The van der Waals surface area contributed by atoms with Gasteiger partial charge in [-0.3, -0.25) is 4.79 Å². The van der Waals surface area contributed by atoms with Crippen LogP contribution < -0.4 is 11.1 Å². The minimum atomic E-state index is -1.10. The van der Waals surface area contributed by atoms with Gasteiger partial charge in [0.05, 0.1) is 0 Å². The van der Waals surface area contributed by atoms with Gasteiger partial charge < -0.3 is 16.2 Å². The van der Waals surface area contributed by atoms with Gasteiger partial charge in [-0.2, -0.15) is 0 Å². The predicted molar refractivity (Wildman–Crippen MR) is 62.4 cm³/mol. The first kappa shape index (κ1) is 13.2.